The first-order chi connectivity index (χ1) is 8.66. The van der Waals surface area contributed by atoms with E-state index in [9.17, 15) is 0 Å². The molecule has 0 saturated carbocycles. The zero-order chi connectivity index (χ0) is 12.7. The molecule has 2 nitrogen and oxygen atoms in total. The topological polar surface area (TPSA) is 9.86 Å². The van der Waals surface area contributed by atoms with Crippen molar-refractivity contribution in [2.75, 3.05) is 0 Å². The molecule has 0 radical (unpaired) electrons. The minimum atomic E-state index is 0.980. The van der Waals surface area contributed by atoms with Crippen LogP contribution in [0.1, 0.15) is 17.0 Å². The zero-order valence-electron chi connectivity index (χ0n) is 11.1. The fourth-order valence-electron chi connectivity index (χ4n) is 2.71. The fraction of sp³-hybridized carbons (Fsp3) is 0.250. The zero-order valence-corrected chi connectivity index (χ0v) is 11.1. The van der Waals surface area contributed by atoms with Crippen LogP contribution in [0, 0.1) is 6.92 Å². The minimum absolute atomic E-state index is 0.980. The quantitative estimate of drug-likeness (QED) is 0.647. The van der Waals surface area contributed by atoms with Crippen molar-refractivity contribution in [3.63, 3.8) is 0 Å². The average Bonchev–Trinajstić information content (AvgIpc) is 2.87. The van der Waals surface area contributed by atoms with Crippen molar-refractivity contribution in [1.82, 2.24) is 9.13 Å². The lowest BCUT2D eigenvalue weighted by Crippen LogP contribution is -2.01. The molecule has 2 aromatic heterocycles. The Morgan fingerprint density at radius 2 is 1.83 bits per heavy atom. The molecule has 0 aliphatic heterocycles. The Hall–Kier alpha value is -1.96. The van der Waals surface area contributed by atoms with Gasteiger partial charge >= 0.3 is 0 Å². The van der Waals surface area contributed by atoms with Gasteiger partial charge in [0.2, 0.25) is 0 Å². The molecule has 1 aromatic carbocycles. The van der Waals surface area contributed by atoms with Gasteiger partial charge in [0, 0.05) is 43.5 Å². The van der Waals surface area contributed by atoms with Crippen LogP contribution in [0.2, 0.25) is 0 Å². The summed E-state index contributed by atoms with van der Waals surface area (Å²) in [4.78, 5) is 0. The van der Waals surface area contributed by atoms with Crippen LogP contribution in [0.5, 0.6) is 0 Å². The molecule has 0 amide bonds. The molecule has 0 saturated heterocycles. The number of nitrogens with zero attached hydrogens (tertiary/aromatic N) is 2. The Labute approximate surface area is 107 Å². The monoisotopic (exact) mass is 238 g/mol. The van der Waals surface area contributed by atoms with E-state index in [1.165, 1.54) is 27.9 Å². The molecule has 3 aromatic rings. The van der Waals surface area contributed by atoms with E-state index < -0.39 is 0 Å². The fourth-order valence-corrected chi connectivity index (χ4v) is 2.71. The summed E-state index contributed by atoms with van der Waals surface area (Å²) in [6.07, 6.45) is 3.08. The van der Waals surface area contributed by atoms with Gasteiger partial charge in [0.15, 0.2) is 0 Å². The van der Waals surface area contributed by atoms with Crippen LogP contribution in [0.25, 0.3) is 10.9 Å². The van der Waals surface area contributed by atoms with Crippen molar-refractivity contribution in [3.8, 4) is 0 Å². The number of rotatable bonds is 2. The Morgan fingerprint density at radius 1 is 1.00 bits per heavy atom. The third-order valence-corrected chi connectivity index (χ3v) is 3.77. The summed E-state index contributed by atoms with van der Waals surface area (Å²) in [5, 5.41) is 1.33. The molecule has 3 rings (SSSR count). The highest BCUT2D eigenvalue weighted by Crippen LogP contribution is 2.23. The van der Waals surface area contributed by atoms with E-state index in [1.807, 2.05) is 0 Å². The van der Waals surface area contributed by atoms with Gasteiger partial charge in [0.25, 0.3) is 0 Å². The summed E-state index contributed by atoms with van der Waals surface area (Å²) in [5.74, 6) is 0. The summed E-state index contributed by atoms with van der Waals surface area (Å²) in [6.45, 7) is 2.18. The van der Waals surface area contributed by atoms with Gasteiger partial charge in [-0.25, -0.2) is 0 Å². The first kappa shape index (κ1) is 11.1. The van der Waals surface area contributed by atoms with Crippen molar-refractivity contribution in [2.24, 2.45) is 14.1 Å². The van der Waals surface area contributed by atoms with E-state index in [0.29, 0.717) is 0 Å². The van der Waals surface area contributed by atoms with Gasteiger partial charge in [-0.05, 0) is 30.7 Å². The highest BCUT2D eigenvalue weighted by molar-refractivity contribution is 5.84. The second-order valence-electron chi connectivity index (χ2n) is 4.99. The van der Waals surface area contributed by atoms with Crippen LogP contribution in [0.3, 0.4) is 0 Å². The van der Waals surface area contributed by atoms with E-state index in [0.717, 1.165) is 6.42 Å². The normalized spacial score (nSPS) is 11.3. The summed E-state index contributed by atoms with van der Waals surface area (Å²) in [6, 6.07) is 13.1. The second-order valence-corrected chi connectivity index (χ2v) is 4.99. The van der Waals surface area contributed by atoms with Crippen molar-refractivity contribution < 1.29 is 0 Å². The Balaban J connectivity index is 2.11. The minimum Gasteiger partial charge on any atom is -0.354 e. The van der Waals surface area contributed by atoms with E-state index in [2.05, 4.69) is 72.7 Å². The lowest BCUT2D eigenvalue weighted by Gasteiger charge is -2.07. The van der Waals surface area contributed by atoms with E-state index >= 15 is 0 Å². The predicted octanol–water partition coefficient (Wildman–Crippen LogP) is 3.42. The van der Waals surface area contributed by atoms with E-state index in [1.54, 1.807) is 0 Å². The van der Waals surface area contributed by atoms with Crippen molar-refractivity contribution in [2.45, 2.75) is 13.3 Å². The van der Waals surface area contributed by atoms with Gasteiger partial charge in [-0.15, -0.1) is 0 Å². The molecule has 2 heterocycles. The molecule has 2 heteroatoms. The number of fused-ring (bicyclic) bond motifs is 1. The molecule has 92 valence electrons. The predicted molar refractivity (Wildman–Crippen MR) is 75.9 cm³/mol. The SMILES string of the molecule is Cc1cccc2cc(Cc3cccn3C)n(C)c12. The van der Waals surface area contributed by atoms with Crippen molar-refractivity contribution >= 4 is 10.9 Å². The Morgan fingerprint density at radius 3 is 2.50 bits per heavy atom. The molecular weight excluding hydrogens is 220 g/mol. The Bertz CT molecular complexity index is 701. The average molecular weight is 238 g/mol. The summed E-state index contributed by atoms with van der Waals surface area (Å²) in [7, 11) is 4.26. The third kappa shape index (κ3) is 1.65. The molecule has 0 unspecified atom stereocenters. The number of aromatic nitrogens is 2. The maximum atomic E-state index is 2.32. The molecule has 0 spiro atoms. The molecule has 0 aliphatic carbocycles. The van der Waals surface area contributed by atoms with Gasteiger partial charge in [-0.1, -0.05) is 18.2 Å². The largest absolute Gasteiger partial charge is 0.354 e. The number of para-hydroxylation sites is 1. The van der Waals surface area contributed by atoms with Crippen LogP contribution in [-0.4, -0.2) is 9.13 Å². The van der Waals surface area contributed by atoms with Gasteiger partial charge < -0.3 is 9.13 Å². The molecular formula is C16H18N2. The smallest absolute Gasteiger partial charge is 0.0509 e. The summed E-state index contributed by atoms with van der Waals surface area (Å²) >= 11 is 0. The van der Waals surface area contributed by atoms with Gasteiger partial charge in [0.1, 0.15) is 0 Å². The lowest BCUT2D eigenvalue weighted by molar-refractivity contribution is 0.806. The number of hydrogen-bond donors (Lipinski definition) is 0. The van der Waals surface area contributed by atoms with Gasteiger partial charge in [-0.3, -0.25) is 0 Å². The number of hydrogen-bond acceptors (Lipinski definition) is 0. The molecule has 0 bridgehead atoms. The number of benzene rings is 1. The van der Waals surface area contributed by atoms with Crippen molar-refractivity contribution in [1.29, 1.82) is 0 Å². The van der Waals surface area contributed by atoms with Gasteiger partial charge in [-0.2, -0.15) is 0 Å². The standard InChI is InChI=1S/C16H18N2/c1-12-6-4-7-13-10-15(18(3)16(12)13)11-14-8-5-9-17(14)2/h4-10H,11H2,1-3H3. The first-order valence-corrected chi connectivity index (χ1v) is 6.31. The highest BCUT2D eigenvalue weighted by Gasteiger charge is 2.09. The maximum absolute atomic E-state index is 2.32. The third-order valence-electron chi connectivity index (χ3n) is 3.77. The van der Waals surface area contributed by atoms with Crippen molar-refractivity contribution in [3.05, 3.63) is 59.5 Å². The van der Waals surface area contributed by atoms with Crippen LogP contribution >= 0.6 is 0 Å². The summed E-state index contributed by atoms with van der Waals surface area (Å²) < 4.78 is 4.50. The van der Waals surface area contributed by atoms with Crippen LogP contribution in [-0.2, 0) is 20.5 Å². The first-order valence-electron chi connectivity index (χ1n) is 6.31. The second kappa shape index (κ2) is 4.05. The van der Waals surface area contributed by atoms with Crippen LogP contribution in [0.15, 0.2) is 42.6 Å². The number of aryl methyl sites for hydroxylation is 3. The van der Waals surface area contributed by atoms with Crippen LogP contribution < -0.4 is 0 Å². The lowest BCUT2D eigenvalue weighted by atomic mass is 10.1. The highest BCUT2D eigenvalue weighted by atomic mass is 15.0. The van der Waals surface area contributed by atoms with Crippen LogP contribution in [0.4, 0.5) is 0 Å². The van der Waals surface area contributed by atoms with Gasteiger partial charge in [0.05, 0.1) is 5.52 Å². The summed E-state index contributed by atoms with van der Waals surface area (Å²) in [5.41, 5.74) is 5.40. The van der Waals surface area contributed by atoms with E-state index in [4.69, 9.17) is 0 Å². The Kier molecular flexibility index (Phi) is 2.51. The maximum Gasteiger partial charge on any atom is 0.0509 e. The molecule has 0 N–H and O–H groups in total. The molecule has 18 heavy (non-hydrogen) atoms. The molecule has 0 aliphatic rings. The van der Waals surface area contributed by atoms with E-state index in [-0.39, 0.29) is 0 Å². The molecule has 0 atom stereocenters. The molecule has 0 fully saturated rings.